The molecule has 0 bridgehead atoms. The van der Waals surface area contributed by atoms with Crippen LogP contribution in [0.2, 0.25) is 0 Å². The van der Waals surface area contributed by atoms with Crippen LogP contribution in [0.3, 0.4) is 0 Å². The molecule has 0 spiro atoms. The van der Waals surface area contributed by atoms with Gasteiger partial charge in [-0.05, 0) is 43.1 Å². The lowest BCUT2D eigenvalue weighted by atomic mass is 10.0. The molecule has 1 aromatic rings. The SMILES string of the molecule is CCn1nc(C)c(Br)c1COCC(C)(N)CC. The van der Waals surface area contributed by atoms with E-state index in [4.69, 9.17) is 10.5 Å². The van der Waals surface area contributed by atoms with Gasteiger partial charge < -0.3 is 10.5 Å². The highest BCUT2D eigenvalue weighted by Gasteiger charge is 2.17. The van der Waals surface area contributed by atoms with Gasteiger partial charge in [-0.1, -0.05) is 6.92 Å². The molecule has 2 N–H and O–H groups in total. The third-order valence-corrected chi connectivity index (χ3v) is 3.96. The van der Waals surface area contributed by atoms with Crippen molar-refractivity contribution >= 4 is 15.9 Å². The lowest BCUT2D eigenvalue weighted by molar-refractivity contribution is 0.0731. The van der Waals surface area contributed by atoms with Gasteiger partial charge in [-0.3, -0.25) is 4.68 Å². The molecule has 0 saturated carbocycles. The second-order valence-corrected chi connectivity index (χ2v) is 5.46. The molecule has 98 valence electrons. The van der Waals surface area contributed by atoms with Gasteiger partial charge in [0.25, 0.3) is 0 Å². The molecule has 1 atom stereocenters. The number of hydrogen-bond donors (Lipinski definition) is 1. The zero-order valence-electron chi connectivity index (χ0n) is 11.1. The van der Waals surface area contributed by atoms with Gasteiger partial charge in [0, 0.05) is 12.1 Å². The highest BCUT2D eigenvalue weighted by atomic mass is 79.9. The summed E-state index contributed by atoms with van der Waals surface area (Å²) in [7, 11) is 0. The Kier molecular flexibility index (Phi) is 5.16. The average molecular weight is 304 g/mol. The molecule has 0 aliphatic heterocycles. The van der Waals surface area contributed by atoms with Crippen LogP contribution in [0.15, 0.2) is 4.47 Å². The van der Waals surface area contributed by atoms with Crippen LogP contribution in [-0.2, 0) is 17.9 Å². The van der Waals surface area contributed by atoms with E-state index in [2.05, 4.69) is 34.9 Å². The van der Waals surface area contributed by atoms with Crippen LogP contribution >= 0.6 is 15.9 Å². The molecule has 0 radical (unpaired) electrons. The van der Waals surface area contributed by atoms with Gasteiger partial charge in [0.2, 0.25) is 0 Å². The van der Waals surface area contributed by atoms with Gasteiger partial charge in [-0.15, -0.1) is 0 Å². The fourth-order valence-corrected chi connectivity index (χ4v) is 1.89. The average Bonchev–Trinajstić information content (AvgIpc) is 2.56. The number of nitrogens with zero attached hydrogens (tertiary/aromatic N) is 2. The summed E-state index contributed by atoms with van der Waals surface area (Å²) < 4.78 is 8.69. The Hall–Kier alpha value is -0.390. The predicted molar refractivity (Wildman–Crippen MR) is 72.9 cm³/mol. The Morgan fingerprint density at radius 3 is 2.65 bits per heavy atom. The molecule has 0 saturated heterocycles. The summed E-state index contributed by atoms with van der Waals surface area (Å²) >= 11 is 3.54. The van der Waals surface area contributed by atoms with E-state index in [0.29, 0.717) is 13.2 Å². The van der Waals surface area contributed by atoms with Gasteiger partial charge in [-0.25, -0.2) is 0 Å². The molecule has 17 heavy (non-hydrogen) atoms. The Morgan fingerprint density at radius 1 is 1.47 bits per heavy atom. The van der Waals surface area contributed by atoms with Crippen LogP contribution in [0.5, 0.6) is 0 Å². The van der Waals surface area contributed by atoms with Crippen LogP contribution < -0.4 is 5.73 Å². The maximum atomic E-state index is 6.03. The first-order chi connectivity index (χ1) is 7.91. The first-order valence-corrected chi connectivity index (χ1v) is 6.79. The van der Waals surface area contributed by atoms with E-state index in [0.717, 1.165) is 28.8 Å². The van der Waals surface area contributed by atoms with Gasteiger partial charge in [0.1, 0.15) is 0 Å². The van der Waals surface area contributed by atoms with Crippen molar-refractivity contribution in [3.63, 3.8) is 0 Å². The fourth-order valence-electron chi connectivity index (χ4n) is 1.49. The maximum absolute atomic E-state index is 6.03. The van der Waals surface area contributed by atoms with Crippen LogP contribution in [-0.4, -0.2) is 21.9 Å². The van der Waals surface area contributed by atoms with Gasteiger partial charge >= 0.3 is 0 Å². The second-order valence-electron chi connectivity index (χ2n) is 4.66. The Morgan fingerprint density at radius 2 is 2.12 bits per heavy atom. The largest absolute Gasteiger partial charge is 0.373 e. The standard InChI is InChI=1S/C12H22BrN3O/c1-5-12(4,14)8-17-7-10-11(13)9(3)15-16(10)6-2/h5-8,14H2,1-4H3. The third-order valence-electron chi connectivity index (χ3n) is 2.93. The van der Waals surface area contributed by atoms with E-state index in [1.165, 1.54) is 0 Å². The fraction of sp³-hybridized carbons (Fsp3) is 0.750. The molecule has 0 aliphatic carbocycles. The number of hydrogen-bond acceptors (Lipinski definition) is 3. The zero-order chi connectivity index (χ0) is 13.1. The van der Waals surface area contributed by atoms with Crippen molar-refractivity contribution in [2.24, 2.45) is 5.73 Å². The number of nitrogens with two attached hydrogens (primary N) is 1. The first kappa shape index (κ1) is 14.7. The highest BCUT2D eigenvalue weighted by Crippen LogP contribution is 2.22. The number of rotatable bonds is 6. The minimum Gasteiger partial charge on any atom is -0.373 e. The smallest absolute Gasteiger partial charge is 0.0897 e. The van der Waals surface area contributed by atoms with Crippen LogP contribution in [0, 0.1) is 6.92 Å². The van der Waals surface area contributed by atoms with E-state index in [1.807, 2.05) is 18.5 Å². The molecular formula is C12H22BrN3O. The molecule has 1 unspecified atom stereocenters. The van der Waals surface area contributed by atoms with Gasteiger partial charge in [0.05, 0.1) is 29.1 Å². The summed E-state index contributed by atoms with van der Waals surface area (Å²) in [4.78, 5) is 0. The number of halogens is 1. The summed E-state index contributed by atoms with van der Waals surface area (Å²) in [5.74, 6) is 0. The van der Waals surface area contributed by atoms with Crippen molar-refractivity contribution in [2.75, 3.05) is 6.61 Å². The molecule has 0 amide bonds. The maximum Gasteiger partial charge on any atom is 0.0897 e. The molecule has 1 aromatic heterocycles. The van der Waals surface area contributed by atoms with Crippen molar-refractivity contribution in [2.45, 2.75) is 52.8 Å². The van der Waals surface area contributed by atoms with Crippen molar-refractivity contribution in [3.8, 4) is 0 Å². The van der Waals surface area contributed by atoms with E-state index in [1.54, 1.807) is 0 Å². The number of aryl methyl sites for hydroxylation is 2. The minimum absolute atomic E-state index is 0.251. The van der Waals surface area contributed by atoms with Gasteiger partial charge in [-0.2, -0.15) is 5.10 Å². The molecule has 1 rings (SSSR count). The van der Waals surface area contributed by atoms with Crippen molar-refractivity contribution < 1.29 is 4.74 Å². The topological polar surface area (TPSA) is 53.1 Å². The van der Waals surface area contributed by atoms with Crippen LogP contribution in [0.4, 0.5) is 0 Å². The molecular weight excluding hydrogens is 282 g/mol. The quantitative estimate of drug-likeness (QED) is 0.879. The third kappa shape index (κ3) is 3.79. The van der Waals surface area contributed by atoms with Gasteiger partial charge in [0.15, 0.2) is 0 Å². The van der Waals surface area contributed by atoms with E-state index in [9.17, 15) is 0 Å². The van der Waals surface area contributed by atoms with E-state index < -0.39 is 0 Å². The number of ether oxygens (including phenoxy) is 1. The van der Waals surface area contributed by atoms with E-state index >= 15 is 0 Å². The zero-order valence-corrected chi connectivity index (χ0v) is 12.7. The second kappa shape index (κ2) is 5.98. The summed E-state index contributed by atoms with van der Waals surface area (Å²) in [6.45, 7) is 10.1. The predicted octanol–water partition coefficient (Wildman–Crippen LogP) is 2.62. The van der Waals surface area contributed by atoms with E-state index in [-0.39, 0.29) is 5.54 Å². The summed E-state index contributed by atoms with van der Waals surface area (Å²) in [6, 6.07) is 0. The summed E-state index contributed by atoms with van der Waals surface area (Å²) in [6.07, 6.45) is 0.903. The first-order valence-electron chi connectivity index (χ1n) is 5.99. The molecule has 0 aliphatic rings. The summed E-state index contributed by atoms with van der Waals surface area (Å²) in [5, 5.41) is 4.42. The lowest BCUT2D eigenvalue weighted by Crippen LogP contribution is -2.40. The molecule has 1 heterocycles. The van der Waals surface area contributed by atoms with Crippen molar-refractivity contribution in [1.82, 2.24) is 9.78 Å². The van der Waals surface area contributed by atoms with Crippen LogP contribution in [0.1, 0.15) is 38.6 Å². The monoisotopic (exact) mass is 303 g/mol. The summed E-state index contributed by atoms with van der Waals surface area (Å²) in [5.41, 5.74) is 7.86. The molecule has 0 aromatic carbocycles. The highest BCUT2D eigenvalue weighted by molar-refractivity contribution is 9.10. The number of aromatic nitrogens is 2. The normalized spacial score (nSPS) is 14.9. The molecule has 5 heteroatoms. The molecule has 4 nitrogen and oxygen atoms in total. The Labute approximate surface area is 112 Å². The Balaban J connectivity index is 2.63. The Bertz CT molecular complexity index is 374. The molecule has 0 fully saturated rings. The lowest BCUT2D eigenvalue weighted by Gasteiger charge is -2.22. The minimum atomic E-state index is -0.251. The van der Waals surface area contributed by atoms with Crippen molar-refractivity contribution in [1.29, 1.82) is 0 Å². The van der Waals surface area contributed by atoms with Crippen molar-refractivity contribution in [3.05, 3.63) is 15.9 Å². The van der Waals surface area contributed by atoms with Crippen LogP contribution in [0.25, 0.3) is 0 Å².